The first kappa shape index (κ1) is 28.7. The number of hydrogen-bond acceptors (Lipinski definition) is 9. The molecule has 37 heavy (non-hydrogen) atoms. The molecule has 2 heterocycles. The van der Waals surface area contributed by atoms with Crippen LogP contribution in [0.15, 0.2) is 52.2 Å². The topological polar surface area (TPSA) is 158 Å². The van der Waals surface area contributed by atoms with E-state index in [1.165, 1.54) is 18.3 Å². The Morgan fingerprint density at radius 1 is 1.32 bits per heavy atom. The maximum atomic E-state index is 15.5. The second-order valence-corrected chi connectivity index (χ2v) is 10.8. The Labute approximate surface area is 212 Å². The van der Waals surface area contributed by atoms with E-state index < -0.39 is 68.1 Å². The number of nitrogens with zero attached hydrogens (tertiary/aromatic N) is 1. The Morgan fingerprint density at radius 2 is 2.03 bits per heavy atom. The molecule has 0 radical (unpaired) electrons. The second kappa shape index (κ2) is 12.1. The number of aliphatic hydroxyl groups is 1. The molecule has 0 saturated carbocycles. The highest BCUT2D eigenvalue weighted by molar-refractivity contribution is 7.52. The van der Waals surface area contributed by atoms with Gasteiger partial charge in [0.25, 0.3) is 5.56 Å². The molecule has 3 N–H and O–H groups in total. The first-order valence-corrected chi connectivity index (χ1v) is 13.2. The lowest BCUT2D eigenvalue weighted by atomic mass is 9.91. The van der Waals surface area contributed by atoms with Crippen LogP contribution < -0.4 is 20.9 Å². The van der Waals surface area contributed by atoms with E-state index in [9.17, 15) is 24.1 Å². The summed E-state index contributed by atoms with van der Waals surface area (Å²) in [6, 6.07) is 8.30. The van der Waals surface area contributed by atoms with E-state index in [2.05, 4.69) is 10.1 Å². The number of ether oxygens (including phenoxy) is 2. The van der Waals surface area contributed by atoms with Gasteiger partial charge in [-0.15, -0.1) is 0 Å². The number of nitrogens with one attached hydrogen (secondary N) is 2. The number of esters is 1. The summed E-state index contributed by atoms with van der Waals surface area (Å²) in [6.07, 6.45) is -2.53. The molecule has 1 aromatic carbocycles. The average molecular weight is 543 g/mol. The number of alkyl halides is 1. The maximum Gasteiger partial charge on any atom is 0.459 e. The van der Waals surface area contributed by atoms with Gasteiger partial charge in [-0.3, -0.25) is 23.7 Å². The molecule has 1 saturated heterocycles. The lowest BCUT2D eigenvalue weighted by Crippen LogP contribution is -2.45. The van der Waals surface area contributed by atoms with Crippen molar-refractivity contribution in [2.75, 3.05) is 19.8 Å². The van der Waals surface area contributed by atoms with Crippen molar-refractivity contribution in [1.82, 2.24) is 14.6 Å². The number of benzene rings is 1. The Morgan fingerprint density at radius 3 is 2.68 bits per heavy atom. The zero-order valence-corrected chi connectivity index (χ0v) is 21.6. The molecule has 0 amide bonds. The van der Waals surface area contributed by atoms with Crippen LogP contribution in [0.4, 0.5) is 4.39 Å². The van der Waals surface area contributed by atoms with Crippen molar-refractivity contribution in [3.63, 3.8) is 0 Å². The summed E-state index contributed by atoms with van der Waals surface area (Å²) >= 11 is 0. The number of carbonyl (C=O) groups excluding carboxylic acids is 1. The molecule has 0 aliphatic carbocycles. The van der Waals surface area contributed by atoms with Gasteiger partial charge in [-0.1, -0.05) is 18.2 Å². The Balaban J connectivity index is 1.75. The predicted octanol–water partition coefficient (Wildman–Crippen LogP) is 1.70. The summed E-state index contributed by atoms with van der Waals surface area (Å²) in [4.78, 5) is 37.6. The van der Waals surface area contributed by atoms with Crippen LogP contribution >= 0.6 is 7.75 Å². The fourth-order valence-corrected chi connectivity index (χ4v) is 5.02. The second-order valence-electron chi connectivity index (χ2n) is 9.04. The third-order valence-corrected chi connectivity index (χ3v) is 7.00. The molecule has 3 rings (SSSR count). The van der Waals surface area contributed by atoms with Crippen LogP contribution in [-0.4, -0.2) is 64.4 Å². The fourth-order valence-electron chi connectivity index (χ4n) is 3.75. The number of halogens is 1. The molecule has 1 aromatic heterocycles. The molecule has 1 fully saturated rings. The van der Waals surface area contributed by atoms with Crippen LogP contribution in [0.3, 0.4) is 0 Å². The summed E-state index contributed by atoms with van der Waals surface area (Å²) < 4.78 is 51.7. The van der Waals surface area contributed by atoms with Crippen LogP contribution in [0.5, 0.6) is 5.75 Å². The minimum Gasteiger partial charge on any atom is -0.462 e. The predicted molar refractivity (Wildman–Crippen MR) is 130 cm³/mol. The van der Waals surface area contributed by atoms with E-state index in [4.69, 9.17) is 18.5 Å². The number of para-hydroxylation sites is 1. The van der Waals surface area contributed by atoms with Gasteiger partial charge in [0.15, 0.2) is 0 Å². The van der Waals surface area contributed by atoms with Gasteiger partial charge in [-0.25, -0.2) is 18.8 Å². The van der Waals surface area contributed by atoms with Crippen LogP contribution in [0.2, 0.25) is 0 Å². The molecule has 1 aliphatic heterocycles. The first-order valence-electron chi connectivity index (χ1n) is 11.6. The normalized spacial score (nSPS) is 25.7. The van der Waals surface area contributed by atoms with E-state index in [0.717, 1.165) is 17.6 Å². The minimum atomic E-state index is -4.23. The Bertz CT molecular complexity index is 1220. The Kier molecular flexibility index (Phi) is 9.43. The molecular weight excluding hydrogens is 512 g/mol. The minimum absolute atomic E-state index is 0.172. The number of aromatic nitrogens is 2. The monoisotopic (exact) mass is 543 g/mol. The van der Waals surface area contributed by atoms with Gasteiger partial charge < -0.3 is 19.1 Å². The average Bonchev–Trinajstić information content (AvgIpc) is 2.92. The van der Waals surface area contributed by atoms with Gasteiger partial charge in [0.05, 0.1) is 25.4 Å². The Hall–Kier alpha value is -2.83. The number of carbonyl (C=O) groups is 1. The van der Waals surface area contributed by atoms with Crippen LogP contribution in [-0.2, 0) is 23.4 Å². The molecule has 2 unspecified atom stereocenters. The van der Waals surface area contributed by atoms with E-state index in [-0.39, 0.29) is 18.8 Å². The molecule has 5 atom stereocenters. The number of aliphatic hydroxyl groups excluding tert-OH is 1. The van der Waals surface area contributed by atoms with Gasteiger partial charge in [0.2, 0.25) is 0 Å². The van der Waals surface area contributed by atoms with Crippen molar-refractivity contribution in [2.45, 2.75) is 57.2 Å². The molecule has 14 heteroatoms. The quantitative estimate of drug-likeness (QED) is 0.298. The summed E-state index contributed by atoms with van der Waals surface area (Å²) in [5.41, 5.74) is -3.60. The van der Waals surface area contributed by atoms with Crippen molar-refractivity contribution in [3.05, 3.63) is 63.4 Å². The largest absolute Gasteiger partial charge is 0.462 e. The molecule has 0 spiro atoms. The lowest BCUT2D eigenvalue weighted by molar-refractivity contribution is -0.146. The van der Waals surface area contributed by atoms with Gasteiger partial charge in [0.1, 0.15) is 30.2 Å². The molecule has 1 aliphatic rings. The zero-order chi connectivity index (χ0) is 27.2. The molecule has 2 aromatic rings. The molecule has 0 bridgehead atoms. The van der Waals surface area contributed by atoms with E-state index in [1.54, 1.807) is 32.0 Å². The first-order chi connectivity index (χ1) is 17.4. The molecule has 12 nitrogen and oxygen atoms in total. The summed E-state index contributed by atoms with van der Waals surface area (Å²) in [5.74, 6) is -0.530. The number of aromatic amines is 1. The SMILES string of the molecule is CC(C)OC(=O)CNP(=O)(OC[C@H]1OCC(n2ccc(=O)[nH]c2=O)C[C@](C)(F)[C@@H]1O)Oc1ccccc1. The van der Waals surface area contributed by atoms with Crippen molar-refractivity contribution in [1.29, 1.82) is 0 Å². The standard InChI is InChI=1S/C23H31FN3O9P/c1-15(2)35-20(29)12-25-37(32,36-17-7-5-4-6-8-17)34-14-18-21(30)23(3,24)11-16(13-33-18)27-10-9-19(28)26-22(27)31/h4-10,15-16,18,21,30H,11-14H2,1-3H3,(H,25,32)(H,26,28,31)/t16?,18-,21-,23+,37?/m1/s1. The fraction of sp³-hybridized carbons (Fsp3) is 0.522. The van der Waals surface area contributed by atoms with Crippen molar-refractivity contribution < 1.29 is 37.4 Å². The molecule has 204 valence electrons. The highest BCUT2D eigenvalue weighted by Crippen LogP contribution is 2.45. The van der Waals surface area contributed by atoms with Gasteiger partial charge in [0, 0.05) is 18.7 Å². The highest BCUT2D eigenvalue weighted by Gasteiger charge is 2.45. The van der Waals surface area contributed by atoms with Crippen LogP contribution in [0.25, 0.3) is 0 Å². The van der Waals surface area contributed by atoms with Gasteiger partial charge >= 0.3 is 19.4 Å². The van der Waals surface area contributed by atoms with Crippen LogP contribution in [0.1, 0.15) is 33.2 Å². The third-order valence-electron chi connectivity index (χ3n) is 5.51. The van der Waals surface area contributed by atoms with E-state index in [1.807, 2.05) is 0 Å². The zero-order valence-electron chi connectivity index (χ0n) is 20.7. The number of H-pyrrole nitrogens is 1. The molecular formula is C23H31FN3O9P. The van der Waals surface area contributed by atoms with Crippen molar-refractivity contribution in [2.24, 2.45) is 0 Å². The lowest BCUT2D eigenvalue weighted by Gasteiger charge is -2.30. The maximum absolute atomic E-state index is 15.5. The third kappa shape index (κ3) is 8.08. The summed E-state index contributed by atoms with van der Waals surface area (Å²) in [7, 11) is -4.23. The van der Waals surface area contributed by atoms with Crippen molar-refractivity contribution in [3.8, 4) is 5.75 Å². The summed E-state index contributed by atoms with van der Waals surface area (Å²) in [5, 5.41) is 13.1. The highest BCUT2D eigenvalue weighted by atomic mass is 31.2. The van der Waals surface area contributed by atoms with Gasteiger partial charge in [-0.05, 0) is 32.9 Å². The van der Waals surface area contributed by atoms with Gasteiger partial charge in [-0.2, -0.15) is 0 Å². The number of hydrogen-bond donors (Lipinski definition) is 3. The smallest absolute Gasteiger partial charge is 0.459 e. The number of rotatable bonds is 10. The van der Waals surface area contributed by atoms with Crippen LogP contribution in [0, 0.1) is 0 Å². The van der Waals surface area contributed by atoms with E-state index >= 15 is 4.39 Å². The van der Waals surface area contributed by atoms with Crippen molar-refractivity contribution >= 4 is 13.7 Å². The summed E-state index contributed by atoms with van der Waals surface area (Å²) in [6.45, 7) is 3.15. The van der Waals surface area contributed by atoms with E-state index in [0.29, 0.717) is 0 Å².